The van der Waals surface area contributed by atoms with Gasteiger partial charge < -0.3 is 20.7 Å². The Morgan fingerprint density at radius 3 is 2.80 bits per heavy atom. The number of likely N-dealkylation sites (tertiary alicyclic amines) is 1. The first-order chi connectivity index (χ1) is 9.51. The average Bonchev–Trinajstić information content (AvgIpc) is 2.85. The molecule has 1 aromatic rings. The van der Waals surface area contributed by atoms with E-state index in [1.807, 2.05) is 0 Å². The van der Waals surface area contributed by atoms with E-state index in [2.05, 4.69) is 5.32 Å². The lowest BCUT2D eigenvalue weighted by molar-refractivity contribution is -0.119. The SMILES string of the molecule is COc1ccc(C(=O)N2CCC(NC(C)=O)C2)c(N)c1. The number of hydrogen-bond donors (Lipinski definition) is 2. The van der Waals surface area contributed by atoms with Gasteiger partial charge in [-0.3, -0.25) is 9.59 Å². The number of nitrogens with zero attached hydrogens (tertiary/aromatic N) is 1. The van der Waals surface area contributed by atoms with Gasteiger partial charge in [-0.25, -0.2) is 0 Å². The molecule has 0 aromatic heterocycles. The number of amides is 2. The van der Waals surface area contributed by atoms with Gasteiger partial charge in [0.15, 0.2) is 0 Å². The van der Waals surface area contributed by atoms with Crippen molar-refractivity contribution in [2.45, 2.75) is 19.4 Å². The Balaban J connectivity index is 2.07. The summed E-state index contributed by atoms with van der Waals surface area (Å²) < 4.78 is 5.06. The third-order valence-corrected chi connectivity index (χ3v) is 3.37. The zero-order chi connectivity index (χ0) is 14.7. The molecule has 3 N–H and O–H groups in total. The molecular formula is C14H19N3O3. The zero-order valence-electron chi connectivity index (χ0n) is 11.7. The van der Waals surface area contributed by atoms with E-state index in [0.29, 0.717) is 30.1 Å². The van der Waals surface area contributed by atoms with Crippen LogP contribution >= 0.6 is 0 Å². The molecule has 1 heterocycles. The van der Waals surface area contributed by atoms with Gasteiger partial charge in [-0.1, -0.05) is 0 Å². The first-order valence-electron chi connectivity index (χ1n) is 6.51. The van der Waals surface area contributed by atoms with Gasteiger partial charge in [0.2, 0.25) is 5.91 Å². The van der Waals surface area contributed by atoms with E-state index in [9.17, 15) is 9.59 Å². The van der Waals surface area contributed by atoms with E-state index >= 15 is 0 Å². The van der Waals surface area contributed by atoms with Crippen LogP contribution in [0.4, 0.5) is 5.69 Å². The Kier molecular flexibility index (Phi) is 4.12. The molecule has 6 nitrogen and oxygen atoms in total. The highest BCUT2D eigenvalue weighted by Gasteiger charge is 2.28. The Morgan fingerprint density at radius 1 is 1.45 bits per heavy atom. The molecule has 1 atom stereocenters. The van der Waals surface area contributed by atoms with Crippen molar-refractivity contribution in [1.29, 1.82) is 0 Å². The molecule has 0 saturated carbocycles. The Bertz CT molecular complexity index is 530. The van der Waals surface area contributed by atoms with Crippen LogP contribution in [-0.2, 0) is 4.79 Å². The normalized spacial score (nSPS) is 17.9. The Morgan fingerprint density at radius 2 is 2.20 bits per heavy atom. The second-order valence-corrected chi connectivity index (χ2v) is 4.89. The molecule has 1 unspecified atom stereocenters. The van der Waals surface area contributed by atoms with Crippen molar-refractivity contribution in [1.82, 2.24) is 10.2 Å². The number of carbonyl (C=O) groups is 2. The van der Waals surface area contributed by atoms with Gasteiger partial charge >= 0.3 is 0 Å². The molecule has 2 rings (SSSR count). The van der Waals surface area contributed by atoms with Crippen LogP contribution < -0.4 is 15.8 Å². The molecule has 108 valence electrons. The number of nitrogens with one attached hydrogen (secondary N) is 1. The fraction of sp³-hybridized carbons (Fsp3) is 0.429. The number of methoxy groups -OCH3 is 1. The van der Waals surface area contributed by atoms with Gasteiger partial charge in [0.1, 0.15) is 5.75 Å². The molecule has 1 aliphatic heterocycles. The summed E-state index contributed by atoms with van der Waals surface area (Å²) in [5, 5.41) is 2.83. The predicted molar refractivity (Wildman–Crippen MR) is 75.5 cm³/mol. The van der Waals surface area contributed by atoms with Crippen molar-refractivity contribution in [3.05, 3.63) is 23.8 Å². The van der Waals surface area contributed by atoms with Crippen LogP contribution in [0.2, 0.25) is 0 Å². The molecule has 1 aromatic carbocycles. The van der Waals surface area contributed by atoms with E-state index < -0.39 is 0 Å². The molecule has 0 aliphatic carbocycles. The molecule has 0 radical (unpaired) electrons. The van der Waals surface area contributed by atoms with Crippen molar-refractivity contribution in [3.63, 3.8) is 0 Å². The van der Waals surface area contributed by atoms with Crippen LogP contribution in [-0.4, -0.2) is 43.0 Å². The second kappa shape index (κ2) is 5.81. The van der Waals surface area contributed by atoms with Gasteiger partial charge in [-0.15, -0.1) is 0 Å². The molecule has 1 saturated heterocycles. The summed E-state index contributed by atoms with van der Waals surface area (Å²) in [5.41, 5.74) is 6.75. The monoisotopic (exact) mass is 277 g/mol. The fourth-order valence-electron chi connectivity index (χ4n) is 2.38. The first kappa shape index (κ1) is 14.2. The van der Waals surface area contributed by atoms with Crippen molar-refractivity contribution < 1.29 is 14.3 Å². The number of rotatable bonds is 3. The maximum absolute atomic E-state index is 12.4. The predicted octanol–water partition coefficient (Wildman–Crippen LogP) is 0.628. The van der Waals surface area contributed by atoms with Crippen LogP contribution in [0.25, 0.3) is 0 Å². The van der Waals surface area contributed by atoms with Crippen LogP contribution in [0, 0.1) is 0 Å². The summed E-state index contributed by atoms with van der Waals surface area (Å²) in [6.07, 6.45) is 0.765. The maximum atomic E-state index is 12.4. The van der Waals surface area contributed by atoms with Gasteiger partial charge in [0, 0.05) is 37.8 Å². The third-order valence-electron chi connectivity index (χ3n) is 3.37. The summed E-state index contributed by atoms with van der Waals surface area (Å²) in [7, 11) is 1.55. The van der Waals surface area contributed by atoms with E-state index in [1.165, 1.54) is 6.92 Å². The minimum Gasteiger partial charge on any atom is -0.497 e. The smallest absolute Gasteiger partial charge is 0.256 e. The van der Waals surface area contributed by atoms with Gasteiger partial charge in [0.05, 0.1) is 12.7 Å². The standard InChI is InChI=1S/C14H19N3O3/c1-9(18)16-10-5-6-17(8-10)14(19)12-4-3-11(20-2)7-13(12)15/h3-4,7,10H,5-6,8,15H2,1-2H3,(H,16,18). The molecular weight excluding hydrogens is 258 g/mol. The van der Waals surface area contributed by atoms with Crippen LogP contribution in [0.5, 0.6) is 5.75 Å². The topological polar surface area (TPSA) is 84.7 Å². The lowest BCUT2D eigenvalue weighted by atomic mass is 10.1. The molecule has 0 spiro atoms. The van der Waals surface area contributed by atoms with Crippen molar-refractivity contribution in [2.24, 2.45) is 0 Å². The van der Waals surface area contributed by atoms with Crippen molar-refractivity contribution in [3.8, 4) is 5.75 Å². The van der Waals surface area contributed by atoms with Crippen LogP contribution in [0.3, 0.4) is 0 Å². The quantitative estimate of drug-likeness (QED) is 0.794. The largest absolute Gasteiger partial charge is 0.497 e. The molecule has 0 bridgehead atoms. The van der Waals surface area contributed by atoms with E-state index in [0.717, 1.165) is 6.42 Å². The summed E-state index contributed by atoms with van der Waals surface area (Å²) in [4.78, 5) is 25.1. The molecule has 2 amide bonds. The van der Waals surface area contributed by atoms with Gasteiger partial charge in [-0.05, 0) is 18.6 Å². The summed E-state index contributed by atoms with van der Waals surface area (Å²) in [6, 6.07) is 5.04. The number of nitrogens with two attached hydrogens (primary N) is 1. The maximum Gasteiger partial charge on any atom is 0.256 e. The Labute approximate surface area is 117 Å². The molecule has 20 heavy (non-hydrogen) atoms. The van der Waals surface area contributed by atoms with Gasteiger partial charge in [0.25, 0.3) is 5.91 Å². The summed E-state index contributed by atoms with van der Waals surface area (Å²) >= 11 is 0. The molecule has 6 heteroatoms. The second-order valence-electron chi connectivity index (χ2n) is 4.89. The number of nitrogen functional groups attached to an aromatic ring is 1. The lowest BCUT2D eigenvalue weighted by Crippen LogP contribution is -2.37. The van der Waals surface area contributed by atoms with Gasteiger partial charge in [-0.2, -0.15) is 0 Å². The Hall–Kier alpha value is -2.24. The number of ether oxygens (including phenoxy) is 1. The average molecular weight is 277 g/mol. The number of hydrogen-bond acceptors (Lipinski definition) is 4. The molecule has 1 fully saturated rings. The van der Waals surface area contributed by atoms with Crippen LogP contribution in [0.1, 0.15) is 23.7 Å². The zero-order valence-corrected chi connectivity index (χ0v) is 11.7. The summed E-state index contributed by atoms with van der Waals surface area (Å²) in [6.45, 7) is 2.62. The number of benzene rings is 1. The first-order valence-corrected chi connectivity index (χ1v) is 6.51. The van der Waals surface area contributed by atoms with Crippen LogP contribution in [0.15, 0.2) is 18.2 Å². The lowest BCUT2D eigenvalue weighted by Gasteiger charge is -2.18. The van der Waals surface area contributed by atoms with Crippen molar-refractivity contribution in [2.75, 3.05) is 25.9 Å². The highest BCUT2D eigenvalue weighted by molar-refractivity contribution is 5.99. The minimum absolute atomic E-state index is 0.0240. The fourth-order valence-corrected chi connectivity index (χ4v) is 2.38. The van der Waals surface area contributed by atoms with Crippen molar-refractivity contribution >= 4 is 17.5 Å². The highest BCUT2D eigenvalue weighted by Crippen LogP contribution is 2.22. The summed E-state index contributed by atoms with van der Waals surface area (Å²) in [5.74, 6) is 0.433. The van der Waals surface area contributed by atoms with E-state index in [4.69, 9.17) is 10.5 Å². The number of anilines is 1. The van der Waals surface area contributed by atoms with E-state index in [1.54, 1.807) is 30.2 Å². The molecule has 1 aliphatic rings. The highest BCUT2D eigenvalue weighted by atomic mass is 16.5. The third kappa shape index (κ3) is 3.01. The number of carbonyl (C=O) groups excluding carboxylic acids is 2. The van der Waals surface area contributed by atoms with E-state index in [-0.39, 0.29) is 17.9 Å². The minimum atomic E-state index is -0.113.